The van der Waals surface area contributed by atoms with Crippen molar-refractivity contribution >= 4 is 16.5 Å². The lowest BCUT2D eigenvalue weighted by Crippen LogP contribution is -1.92. The first kappa shape index (κ1) is 10.6. The second-order valence-electron chi connectivity index (χ2n) is 5.11. The van der Waals surface area contributed by atoms with Crippen LogP contribution in [0.1, 0.15) is 24.6 Å². The fraction of sp³-hybridized carbons (Fsp3) is 0.200. The average molecular weight is 250 g/mol. The molecule has 2 aromatic carbocycles. The predicted octanol–water partition coefficient (Wildman–Crippen LogP) is 3.08. The molecule has 94 valence electrons. The van der Waals surface area contributed by atoms with Crippen molar-refractivity contribution < 1.29 is 0 Å². The highest BCUT2D eigenvalue weighted by Crippen LogP contribution is 2.39. The number of anilines is 1. The highest BCUT2D eigenvalue weighted by molar-refractivity contribution is 5.92. The van der Waals surface area contributed by atoms with Gasteiger partial charge in [0.25, 0.3) is 0 Å². The Morgan fingerprint density at radius 1 is 1.11 bits per heavy atom. The van der Waals surface area contributed by atoms with E-state index in [1.807, 2.05) is 18.2 Å². The molecule has 1 heterocycles. The van der Waals surface area contributed by atoms with E-state index < -0.39 is 0 Å². The minimum Gasteiger partial charge on any atom is -0.398 e. The van der Waals surface area contributed by atoms with Crippen LogP contribution >= 0.6 is 0 Å². The standard InChI is InChI=1S/C15H14N4/c16-13-8-11-4-2-1-3-10(11)7-12(13)15-17-14(18-19-15)9-5-6-9/h1-4,7-9H,5-6,16H2,(H,17,18,19). The van der Waals surface area contributed by atoms with Crippen molar-refractivity contribution in [2.24, 2.45) is 0 Å². The molecule has 0 unspecified atom stereocenters. The molecule has 1 aliphatic rings. The maximum Gasteiger partial charge on any atom is 0.183 e. The number of nitrogen functional groups attached to an aromatic ring is 1. The number of rotatable bonds is 2. The molecule has 0 atom stereocenters. The van der Waals surface area contributed by atoms with Crippen LogP contribution in [0.2, 0.25) is 0 Å². The zero-order chi connectivity index (χ0) is 12.8. The van der Waals surface area contributed by atoms with E-state index in [0.717, 1.165) is 27.8 Å². The predicted molar refractivity (Wildman–Crippen MR) is 75.7 cm³/mol. The van der Waals surface area contributed by atoms with E-state index in [0.29, 0.717) is 11.7 Å². The number of nitrogens with two attached hydrogens (primary N) is 1. The molecule has 19 heavy (non-hydrogen) atoms. The normalized spacial score (nSPS) is 14.9. The van der Waals surface area contributed by atoms with Gasteiger partial charge in [-0.2, -0.15) is 5.10 Å². The van der Waals surface area contributed by atoms with Gasteiger partial charge < -0.3 is 5.73 Å². The van der Waals surface area contributed by atoms with Crippen LogP contribution in [-0.2, 0) is 0 Å². The summed E-state index contributed by atoms with van der Waals surface area (Å²) in [6.07, 6.45) is 2.42. The average Bonchev–Trinajstić information content (AvgIpc) is 3.16. The van der Waals surface area contributed by atoms with Crippen molar-refractivity contribution in [3.63, 3.8) is 0 Å². The SMILES string of the molecule is Nc1cc2ccccc2cc1-c1n[nH]c(C2CC2)n1. The topological polar surface area (TPSA) is 67.6 Å². The molecule has 3 aromatic rings. The van der Waals surface area contributed by atoms with Crippen LogP contribution in [0.15, 0.2) is 36.4 Å². The Morgan fingerprint density at radius 2 is 1.84 bits per heavy atom. The van der Waals surface area contributed by atoms with Crippen LogP contribution in [0.4, 0.5) is 5.69 Å². The monoisotopic (exact) mass is 250 g/mol. The molecule has 0 amide bonds. The molecule has 1 fully saturated rings. The first-order chi connectivity index (χ1) is 9.31. The molecule has 3 N–H and O–H groups in total. The summed E-state index contributed by atoms with van der Waals surface area (Å²) in [6.45, 7) is 0. The van der Waals surface area contributed by atoms with Crippen molar-refractivity contribution in [1.29, 1.82) is 0 Å². The van der Waals surface area contributed by atoms with Crippen molar-refractivity contribution in [3.05, 3.63) is 42.2 Å². The zero-order valence-corrected chi connectivity index (χ0v) is 10.4. The van der Waals surface area contributed by atoms with Gasteiger partial charge in [-0.1, -0.05) is 24.3 Å². The molecule has 0 spiro atoms. The summed E-state index contributed by atoms with van der Waals surface area (Å²) in [7, 11) is 0. The van der Waals surface area contributed by atoms with Crippen LogP contribution in [0.25, 0.3) is 22.2 Å². The number of H-pyrrole nitrogens is 1. The molecule has 4 nitrogen and oxygen atoms in total. The van der Waals surface area contributed by atoms with E-state index in [2.05, 4.69) is 33.4 Å². The van der Waals surface area contributed by atoms with Gasteiger partial charge in [-0.05, 0) is 35.7 Å². The number of aromatic nitrogens is 3. The van der Waals surface area contributed by atoms with E-state index >= 15 is 0 Å². The minimum absolute atomic E-state index is 0.572. The number of hydrogen-bond acceptors (Lipinski definition) is 3. The van der Waals surface area contributed by atoms with Crippen molar-refractivity contribution in [1.82, 2.24) is 15.2 Å². The Morgan fingerprint density at radius 3 is 2.58 bits per heavy atom. The number of nitrogens with zero attached hydrogens (tertiary/aromatic N) is 2. The van der Waals surface area contributed by atoms with Gasteiger partial charge in [0.2, 0.25) is 0 Å². The summed E-state index contributed by atoms with van der Waals surface area (Å²) in [5.74, 6) is 2.26. The van der Waals surface area contributed by atoms with Gasteiger partial charge in [-0.15, -0.1) is 0 Å². The molecule has 1 aliphatic carbocycles. The maximum atomic E-state index is 6.13. The number of fused-ring (bicyclic) bond motifs is 1. The second kappa shape index (κ2) is 3.82. The van der Waals surface area contributed by atoms with E-state index in [4.69, 9.17) is 5.73 Å². The fourth-order valence-electron chi connectivity index (χ4n) is 2.39. The number of aromatic amines is 1. The van der Waals surface area contributed by atoms with Gasteiger partial charge in [0, 0.05) is 17.2 Å². The smallest absolute Gasteiger partial charge is 0.183 e. The Bertz CT molecular complexity index is 756. The van der Waals surface area contributed by atoms with Crippen molar-refractivity contribution in [3.8, 4) is 11.4 Å². The van der Waals surface area contributed by atoms with Crippen LogP contribution < -0.4 is 5.73 Å². The zero-order valence-electron chi connectivity index (χ0n) is 10.4. The molecular formula is C15H14N4. The Balaban J connectivity index is 1.86. The highest BCUT2D eigenvalue weighted by atomic mass is 15.2. The summed E-state index contributed by atoms with van der Waals surface area (Å²) in [5, 5.41) is 9.62. The quantitative estimate of drug-likeness (QED) is 0.687. The summed E-state index contributed by atoms with van der Waals surface area (Å²) in [6, 6.07) is 12.2. The Kier molecular flexibility index (Phi) is 2.12. The van der Waals surface area contributed by atoms with E-state index in [1.54, 1.807) is 0 Å². The van der Waals surface area contributed by atoms with Crippen LogP contribution in [0, 0.1) is 0 Å². The van der Waals surface area contributed by atoms with Gasteiger partial charge in [-0.3, -0.25) is 5.10 Å². The van der Waals surface area contributed by atoms with Gasteiger partial charge in [0.15, 0.2) is 5.82 Å². The summed E-state index contributed by atoms with van der Waals surface area (Å²) >= 11 is 0. The van der Waals surface area contributed by atoms with E-state index in [1.165, 1.54) is 12.8 Å². The molecule has 4 heteroatoms. The second-order valence-corrected chi connectivity index (χ2v) is 5.11. The lowest BCUT2D eigenvalue weighted by molar-refractivity contribution is 0.935. The molecule has 0 aliphatic heterocycles. The van der Waals surface area contributed by atoms with E-state index in [9.17, 15) is 0 Å². The Hall–Kier alpha value is -2.36. The van der Waals surface area contributed by atoms with Gasteiger partial charge in [-0.25, -0.2) is 4.98 Å². The van der Waals surface area contributed by atoms with Crippen LogP contribution in [0.3, 0.4) is 0 Å². The summed E-state index contributed by atoms with van der Waals surface area (Å²) < 4.78 is 0. The molecule has 0 radical (unpaired) electrons. The molecular weight excluding hydrogens is 236 g/mol. The number of nitrogens with one attached hydrogen (secondary N) is 1. The Labute approximate surface area is 110 Å². The largest absolute Gasteiger partial charge is 0.398 e. The third-order valence-electron chi connectivity index (χ3n) is 3.63. The van der Waals surface area contributed by atoms with Crippen LogP contribution in [0.5, 0.6) is 0 Å². The van der Waals surface area contributed by atoms with E-state index in [-0.39, 0.29) is 0 Å². The van der Waals surface area contributed by atoms with Gasteiger partial charge in [0.1, 0.15) is 5.82 Å². The molecule has 4 rings (SSSR count). The maximum absolute atomic E-state index is 6.13. The molecule has 0 saturated heterocycles. The first-order valence-corrected chi connectivity index (χ1v) is 6.52. The minimum atomic E-state index is 0.572. The highest BCUT2D eigenvalue weighted by Gasteiger charge is 2.27. The third kappa shape index (κ3) is 1.76. The lowest BCUT2D eigenvalue weighted by Gasteiger charge is -2.04. The van der Waals surface area contributed by atoms with Crippen molar-refractivity contribution in [2.75, 3.05) is 5.73 Å². The third-order valence-corrected chi connectivity index (χ3v) is 3.63. The summed E-state index contributed by atoms with van der Waals surface area (Å²) in [5.41, 5.74) is 7.75. The first-order valence-electron chi connectivity index (χ1n) is 6.52. The number of hydrogen-bond donors (Lipinski definition) is 2. The number of benzene rings is 2. The molecule has 1 aromatic heterocycles. The molecule has 0 bridgehead atoms. The van der Waals surface area contributed by atoms with Gasteiger partial charge >= 0.3 is 0 Å². The van der Waals surface area contributed by atoms with Gasteiger partial charge in [0.05, 0.1) is 0 Å². The molecule has 1 saturated carbocycles. The lowest BCUT2D eigenvalue weighted by atomic mass is 10.0. The summed E-state index contributed by atoms with van der Waals surface area (Å²) in [4.78, 5) is 4.56. The van der Waals surface area contributed by atoms with Crippen LogP contribution in [-0.4, -0.2) is 15.2 Å². The fourth-order valence-corrected chi connectivity index (χ4v) is 2.39. The van der Waals surface area contributed by atoms with Crippen molar-refractivity contribution in [2.45, 2.75) is 18.8 Å².